The molecule has 1 heterocycles. The molecule has 2 aromatic rings. The summed E-state index contributed by atoms with van der Waals surface area (Å²) in [6.07, 6.45) is 2.20. The summed E-state index contributed by atoms with van der Waals surface area (Å²) >= 11 is 0. The van der Waals surface area contributed by atoms with Crippen LogP contribution in [0.5, 0.6) is 5.75 Å². The van der Waals surface area contributed by atoms with Gasteiger partial charge in [-0.05, 0) is 48.6 Å². The van der Waals surface area contributed by atoms with E-state index in [-0.39, 0.29) is 17.7 Å². The zero-order chi connectivity index (χ0) is 22.8. The first-order valence-electron chi connectivity index (χ1n) is 11.2. The second-order valence-corrected chi connectivity index (χ2v) is 7.94. The molecule has 0 radical (unpaired) electrons. The highest BCUT2D eigenvalue weighted by atomic mass is 19.1. The molecular weight excluding hydrogens is 409 g/mol. The predicted octanol–water partition coefficient (Wildman–Crippen LogP) is 4.13. The van der Waals surface area contributed by atoms with Crippen molar-refractivity contribution in [1.82, 2.24) is 10.2 Å². The molecule has 174 valence electrons. The third kappa shape index (κ3) is 7.21. The lowest BCUT2D eigenvalue weighted by Gasteiger charge is -2.23. The van der Waals surface area contributed by atoms with Gasteiger partial charge in [0, 0.05) is 33.4 Å². The number of nitrogens with zero attached hydrogens (tertiary/aromatic N) is 2. The molecule has 6 nitrogen and oxygen atoms in total. The number of benzene rings is 2. The van der Waals surface area contributed by atoms with Crippen molar-refractivity contribution < 1.29 is 18.6 Å². The smallest absolute Gasteiger partial charge is 0.194 e. The minimum absolute atomic E-state index is 0.248. The molecule has 32 heavy (non-hydrogen) atoms. The van der Waals surface area contributed by atoms with Crippen molar-refractivity contribution >= 4 is 5.96 Å². The van der Waals surface area contributed by atoms with E-state index in [1.807, 2.05) is 31.0 Å². The summed E-state index contributed by atoms with van der Waals surface area (Å²) in [5.41, 5.74) is 3.12. The SMILES string of the molecule is CCNC(=NCc1cccc(COC2CCOCC2)c1)N(C)Cc1ccc(OC)c(F)c1. The molecule has 1 aliphatic heterocycles. The van der Waals surface area contributed by atoms with Crippen molar-refractivity contribution in [2.24, 2.45) is 4.99 Å². The van der Waals surface area contributed by atoms with Crippen LogP contribution in [0.4, 0.5) is 4.39 Å². The third-order valence-corrected chi connectivity index (χ3v) is 5.39. The van der Waals surface area contributed by atoms with E-state index in [1.54, 1.807) is 6.07 Å². The molecule has 2 aromatic carbocycles. The highest BCUT2D eigenvalue weighted by molar-refractivity contribution is 5.79. The van der Waals surface area contributed by atoms with E-state index in [9.17, 15) is 4.39 Å². The highest BCUT2D eigenvalue weighted by Gasteiger charge is 2.14. The van der Waals surface area contributed by atoms with Crippen molar-refractivity contribution in [2.75, 3.05) is 33.9 Å². The average Bonchev–Trinajstić information content (AvgIpc) is 2.81. The van der Waals surface area contributed by atoms with Crippen LogP contribution in [0.15, 0.2) is 47.5 Å². The van der Waals surface area contributed by atoms with Gasteiger partial charge in [-0.3, -0.25) is 0 Å². The summed E-state index contributed by atoms with van der Waals surface area (Å²) in [6.45, 7) is 6.03. The lowest BCUT2D eigenvalue weighted by atomic mass is 10.1. The molecule has 0 amide bonds. The van der Waals surface area contributed by atoms with Gasteiger partial charge in [-0.25, -0.2) is 9.38 Å². The van der Waals surface area contributed by atoms with Crippen LogP contribution >= 0.6 is 0 Å². The molecule has 1 fully saturated rings. The Morgan fingerprint density at radius 1 is 1.16 bits per heavy atom. The largest absolute Gasteiger partial charge is 0.494 e. The van der Waals surface area contributed by atoms with Crippen molar-refractivity contribution in [3.05, 3.63) is 65.0 Å². The predicted molar refractivity (Wildman–Crippen MR) is 124 cm³/mol. The summed E-state index contributed by atoms with van der Waals surface area (Å²) in [5, 5.41) is 3.31. The fourth-order valence-electron chi connectivity index (χ4n) is 3.67. The van der Waals surface area contributed by atoms with Crippen LogP contribution in [0.3, 0.4) is 0 Å². The van der Waals surface area contributed by atoms with Crippen LogP contribution in [0, 0.1) is 5.82 Å². The van der Waals surface area contributed by atoms with Gasteiger partial charge in [0.2, 0.25) is 0 Å². The van der Waals surface area contributed by atoms with Crippen molar-refractivity contribution in [2.45, 2.75) is 45.6 Å². The van der Waals surface area contributed by atoms with Gasteiger partial charge in [-0.2, -0.15) is 0 Å². The van der Waals surface area contributed by atoms with Gasteiger partial charge in [-0.1, -0.05) is 30.3 Å². The second-order valence-electron chi connectivity index (χ2n) is 7.94. The Morgan fingerprint density at radius 3 is 2.66 bits per heavy atom. The maximum Gasteiger partial charge on any atom is 0.194 e. The van der Waals surface area contributed by atoms with Crippen LogP contribution in [0.1, 0.15) is 36.5 Å². The van der Waals surface area contributed by atoms with E-state index >= 15 is 0 Å². The summed E-state index contributed by atoms with van der Waals surface area (Å²) in [4.78, 5) is 6.77. The Labute approximate surface area is 190 Å². The molecule has 1 aliphatic rings. The van der Waals surface area contributed by atoms with Crippen LogP contribution < -0.4 is 10.1 Å². The molecule has 0 aliphatic carbocycles. The van der Waals surface area contributed by atoms with Gasteiger partial charge < -0.3 is 24.4 Å². The third-order valence-electron chi connectivity index (χ3n) is 5.39. The van der Waals surface area contributed by atoms with E-state index < -0.39 is 0 Å². The summed E-state index contributed by atoms with van der Waals surface area (Å²) in [6, 6.07) is 13.4. The van der Waals surface area contributed by atoms with Crippen LogP contribution in [-0.4, -0.2) is 50.9 Å². The monoisotopic (exact) mass is 443 g/mol. The fourth-order valence-corrected chi connectivity index (χ4v) is 3.67. The topological polar surface area (TPSA) is 55.3 Å². The number of methoxy groups -OCH3 is 1. The number of halogens is 1. The minimum atomic E-state index is -0.361. The number of hydrogen-bond donors (Lipinski definition) is 1. The van der Waals surface area contributed by atoms with Crippen LogP contribution in [0.25, 0.3) is 0 Å². The van der Waals surface area contributed by atoms with Crippen molar-refractivity contribution in [1.29, 1.82) is 0 Å². The molecule has 0 saturated carbocycles. The van der Waals surface area contributed by atoms with Crippen molar-refractivity contribution in [3.63, 3.8) is 0 Å². The van der Waals surface area contributed by atoms with Gasteiger partial charge in [0.25, 0.3) is 0 Å². The van der Waals surface area contributed by atoms with E-state index in [2.05, 4.69) is 23.5 Å². The van der Waals surface area contributed by atoms with Crippen LogP contribution in [-0.2, 0) is 29.2 Å². The fraction of sp³-hybridized carbons (Fsp3) is 0.480. The number of ether oxygens (including phenoxy) is 3. The minimum Gasteiger partial charge on any atom is -0.494 e. The first-order chi connectivity index (χ1) is 15.6. The van der Waals surface area contributed by atoms with Gasteiger partial charge in [0.1, 0.15) is 0 Å². The maximum absolute atomic E-state index is 14.0. The Kier molecular flexibility index (Phi) is 9.31. The first-order valence-corrected chi connectivity index (χ1v) is 11.2. The van der Waals surface area contributed by atoms with Crippen LogP contribution in [0.2, 0.25) is 0 Å². The molecule has 7 heteroatoms. The zero-order valence-electron chi connectivity index (χ0n) is 19.3. The maximum atomic E-state index is 14.0. The Hall–Kier alpha value is -2.64. The Morgan fingerprint density at radius 2 is 1.94 bits per heavy atom. The van der Waals surface area contributed by atoms with Gasteiger partial charge in [-0.15, -0.1) is 0 Å². The molecule has 1 N–H and O–H groups in total. The summed E-state index contributed by atoms with van der Waals surface area (Å²) in [7, 11) is 3.41. The second kappa shape index (κ2) is 12.4. The number of rotatable bonds is 9. The molecular formula is C25H34FN3O3. The van der Waals surface area contributed by atoms with Gasteiger partial charge in [0.15, 0.2) is 17.5 Å². The number of nitrogens with one attached hydrogen (secondary N) is 1. The quantitative estimate of drug-likeness (QED) is 0.467. The number of hydrogen-bond acceptors (Lipinski definition) is 4. The number of guanidine groups is 1. The molecule has 0 aromatic heterocycles. The van der Waals surface area contributed by atoms with E-state index in [0.29, 0.717) is 19.7 Å². The summed E-state index contributed by atoms with van der Waals surface area (Å²) in [5.74, 6) is 0.658. The van der Waals surface area contributed by atoms with Gasteiger partial charge >= 0.3 is 0 Å². The normalized spacial score (nSPS) is 14.9. The van der Waals surface area contributed by atoms with E-state index in [4.69, 9.17) is 19.2 Å². The standard InChI is InChI=1S/C25H34FN3O3/c1-4-27-25(29(2)17-20-8-9-24(30-3)23(26)15-20)28-16-19-6-5-7-21(14-19)18-32-22-10-12-31-13-11-22/h5-9,14-15,22H,4,10-13,16-18H2,1-3H3,(H,27,28). The average molecular weight is 444 g/mol. The number of aliphatic imine (C=N–C) groups is 1. The van der Waals surface area contributed by atoms with Crippen molar-refractivity contribution in [3.8, 4) is 5.75 Å². The molecule has 0 spiro atoms. The Balaban J connectivity index is 1.60. The van der Waals surface area contributed by atoms with E-state index in [1.165, 1.54) is 13.2 Å². The van der Waals surface area contributed by atoms with Gasteiger partial charge in [0.05, 0.1) is 26.4 Å². The molecule has 0 bridgehead atoms. The molecule has 0 unspecified atom stereocenters. The summed E-state index contributed by atoms with van der Waals surface area (Å²) < 4.78 is 30.5. The van der Waals surface area contributed by atoms with E-state index in [0.717, 1.165) is 55.3 Å². The molecule has 3 rings (SSSR count). The zero-order valence-corrected chi connectivity index (χ0v) is 19.3. The molecule has 0 atom stereocenters. The lowest BCUT2D eigenvalue weighted by molar-refractivity contribution is -0.0390. The Bertz CT molecular complexity index is 884. The molecule has 1 saturated heterocycles. The first kappa shape index (κ1) is 24.0. The lowest BCUT2D eigenvalue weighted by Crippen LogP contribution is -2.38. The highest BCUT2D eigenvalue weighted by Crippen LogP contribution is 2.19.